The van der Waals surface area contributed by atoms with Crippen LogP contribution in [0.2, 0.25) is 0 Å². The molecule has 0 atom stereocenters. The Bertz CT molecular complexity index is 254. The van der Waals surface area contributed by atoms with Gasteiger partial charge in [-0.15, -0.1) is 0 Å². The highest BCUT2D eigenvalue weighted by Crippen LogP contribution is 2.23. The van der Waals surface area contributed by atoms with Gasteiger partial charge >= 0.3 is 0 Å². The first kappa shape index (κ1) is 13.0. The maximum Gasteiger partial charge on any atom is 0.225 e. The van der Waals surface area contributed by atoms with Gasteiger partial charge in [0.1, 0.15) is 6.54 Å². The lowest BCUT2D eigenvalue weighted by atomic mass is 10.2. The summed E-state index contributed by atoms with van der Waals surface area (Å²) in [6.07, 6.45) is 4.83. The third kappa shape index (κ3) is 3.82. The molecule has 0 heterocycles. The van der Waals surface area contributed by atoms with Gasteiger partial charge in [-0.25, -0.2) is 0 Å². The molecule has 4 nitrogen and oxygen atoms in total. The van der Waals surface area contributed by atoms with Crippen molar-refractivity contribution in [3.05, 3.63) is 0 Å². The molecule has 0 N–H and O–H groups in total. The van der Waals surface area contributed by atoms with Crippen molar-refractivity contribution < 1.29 is 9.53 Å². The number of hydrogen-bond donors (Lipinski definition) is 0. The summed E-state index contributed by atoms with van der Waals surface area (Å²) in [5, 5.41) is 8.74. The quantitative estimate of drug-likeness (QED) is 0.510. The zero-order chi connectivity index (χ0) is 11.8. The van der Waals surface area contributed by atoms with Gasteiger partial charge in [-0.05, 0) is 19.8 Å². The van der Waals surface area contributed by atoms with Crippen LogP contribution in [0.3, 0.4) is 0 Å². The summed E-state index contributed by atoms with van der Waals surface area (Å²) in [5.74, 6) is 0.0573. The molecule has 0 aromatic heterocycles. The second-order valence-corrected chi connectivity index (χ2v) is 4.06. The van der Waals surface area contributed by atoms with E-state index in [0.717, 1.165) is 12.8 Å². The average molecular weight is 224 g/mol. The predicted octanol–water partition coefficient (Wildman–Crippen LogP) is 1.71. The molecule has 0 saturated heterocycles. The zero-order valence-corrected chi connectivity index (χ0v) is 9.95. The highest BCUT2D eigenvalue weighted by molar-refractivity contribution is 5.76. The van der Waals surface area contributed by atoms with Gasteiger partial charge in [0, 0.05) is 12.6 Å². The molecule has 1 saturated carbocycles. The number of carbonyl (C=O) groups is 1. The maximum absolute atomic E-state index is 11.9. The van der Waals surface area contributed by atoms with Crippen LogP contribution in [0, 0.1) is 11.3 Å². The third-order valence-corrected chi connectivity index (χ3v) is 2.99. The monoisotopic (exact) mass is 224 g/mol. The largest absolute Gasteiger partial charge is 0.381 e. The summed E-state index contributed by atoms with van der Waals surface area (Å²) in [6, 6.07) is 2.37. The highest BCUT2D eigenvalue weighted by Gasteiger charge is 2.25. The summed E-state index contributed by atoms with van der Waals surface area (Å²) >= 11 is 0. The van der Waals surface area contributed by atoms with Crippen molar-refractivity contribution in [2.75, 3.05) is 19.8 Å². The summed E-state index contributed by atoms with van der Waals surface area (Å²) in [4.78, 5) is 13.6. The Balaban J connectivity index is 2.42. The molecule has 1 rings (SSSR count). The number of ether oxygens (including phenoxy) is 1. The second kappa shape index (κ2) is 7.24. The summed E-state index contributed by atoms with van der Waals surface area (Å²) in [6.45, 7) is 3.23. The number of nitriles is 1. The first-order chi connectivity index (χ1) is 7.79. The molecule has 0 aromatic rings. The minimum atomic E-state index is 0.0573. The molecule has 1 fully saturated rings. The van der Waals surface area contributed by atoms with E-state index < -0.39 is 0 Å². The van der Waals surface area contributed by atoms with E-state index in [2.05, 4.69) is 6.07 Å². The fraction of sp³-hybridized carbons (Fsp3) is 0.833. The number of nitrogens with zero attached hydrogens (tertiary/aromatic N) is 2. The van der Waals surface area contributed by atoms with Crippen LogP contribution in [-0.2, 0) is 9.53 Å². The molecule has 1 aliphatic carbocycles. The molecule has 16 heavy (non-hydrogen) atoms. The molecule has 0 bridgehead atoms. The Labute approximate surface area is 97.2 Å². The second-order valence-electron chi connectivity index (χ2n) is 4.06. The van der Waals surface area contributed by atoms with E-state index in [1.807, 2.05) is 6.92 Å². The predicted molar refractivity (Wildman–Crippen MR) is 60.7 cm³/mol. The molecular weight excluding hydrogens is 204 g/mol. The molecule has 4 heteroatoms. The van der Waals surface area contributed by atoms with E-state index in [4.69, 9.17) is 10.00 Å². The van der Waals surface area contributed by atoms with Gasteiger partial charge < -0.3 is 9.64 Å². The lowest BCUT2D eigenvalue weighted by Crippen LogP contribution is -2.39. The Morgan fingerprint density at radius 1 is 1.50 bits per heavy atom. The molecule has 0 aromatic carbocycles. The van der Waals surface area contributed by atoms with E-state index in [1.54, 1.807) is 4.90 Å². The van der Waals surface area contributed by atoms with Gasteiger partial charge in [0.05, 0.1) is 19.1 Å². The first-order valence-corrected chi connectivity index (χ1v) is 6.03. The topological polar surface area (TPSA) is 53.3 Å². The van der Waals surface area contributed by atoms with Gasteiger partial charge in [-0.2, -0.15) is 5.26 Å². The van der Waals surface area contributed by atoms with Crippen molar-refractivity contribution in [2.45, 2.75) is 45.1 Å². The average Bonchev–Trinajstić information content (AvgIpc) is 2.79. The van der Waals surface area contributed by atoms with Crippen LogP contribution in [0.5, 0.6) is 0 Å². The molecule has 1 aliphatic rings. The number of rotatable bonds is 6. The maximum atomic E-state index is 11.9. The van der Waals surface area contributed by atoms with Crippen LogP contribution in [0.1, 0.15) is 39.0 Å². The van der Waals surface area contributed by atoms with E-state index in [1.165, 1.54) is 12.8 Å². The SMILES string of the molecule is CCOCCC(=O)N(CC#N)C1CCCC1. The first-order valence-electron chi connectivity index (χ1n) is 6.03. The van der Waals surface area contributed by atoms with Crippen LogP contribution in [-0.4, -0.2) is 36.6 Å². The number of carbonyl (C=O) groups excluding carboxylic acids is 1. The smallest absolute Gasteiger partial charge is 0.225 e. The summed E-state index contributed by atoms with van der Waals surface area (Å²) < 4.78 is 5.16. The van der Waals surface area contributed by atoms with Crippen LogP contribution >= 0.6 is 0 Å². The van der Waals surface area contributed by atoms with Crippen LogP contribution in [0.25, 0.3) is 0 Å². The lowest BCUT2D eigenvalue weighted by molar-refractivity contribution is -0.133. The van der Waals surface area contributed by atoms with Gasteiger partial charge in [0.15, 0.2) is 0 Å². The Morgan fingerprint density at radius 3 is 2.75 bits per heavy atom. The zero-order valence-electron chi connectivity index (χ0n) is 9.95. The van der Waals surface area contributed by atoms with Crippen molar-refractivity contribution in [2.24, 2.45) is 0 Å². The van der Waals surface area contributed by atoms with Gasteiger partial charge in [-0.1, -0.05) is 12.8 Å². The minimum Gasteiger partial charge on any atom is -0.381 e. The van der Waals surface area contributed by atoms with Crippen molar-refractivity contribution in [1.82, 2.24) is 4.90 Å². The molecule has 0 radical (unpaired) electrons. The van der Waals surface area contributed by atoms with Crippen molar-refractivity contribution in [3.8, 4) is 6.07 Å². The fourth-order valence-corrected chi connectivity index (χ4v) is 2.16. The molecule has 90 valence electrons. The van der Waals surface area contributed by atoms with Crippen molar-refractivity contribution >= 4 is 5.91 Å². The Hall–Kier alpha value is -1.08. The molecule has 1 amide bonds. The number of amides is 1. The van der Waals surface area contributed by atoms with Crippen molar-refractivity contribution in [1.29, 1.82) is 5.26 Å². The lowest BCUT2D eigenvalue weighted by Gasteiger charge is -2.26. The summed E-state index contributed by atoms with van der Waals surface area (Å²) in [7, 11) is 0. The van der Waals surface area contributed by atoms with Crippen LogP contribution in [0.15, 0.2) is 0 Å². The summed E-state index contributed by atoms with van der Waals surface area (Å²) in [5.41, 5.74) is 0. The standard InChI is InChI=1S/C12H20N2O2/c1-2-16-10-7-12(15)14(9-8-13)11-5-3-4-6-11/h11H,2-7,9-10H2,1H3. The molecular formula is C12H20N2O2. The normalized spacial score (nSPS) is 16.0. The van der Waals surface area contributed by atoms with Crippen LogP contribution < -0.4 is 0 Å². The Morgan fingerprint density at radius 2 is 2.19 bits per heavy atom. The van der Waals surface area contributed by atoms with E-state index >= 15 is 0 Å². The highest BCUT2D eigenvalue weighted by atomic mass is 16.5. The van der Waals surface area contributed by atoms with E-state index in [0.29, 0.717) is 19.6 Å². The van der Waals surface area contributed by atoms with Crippen molar-refractivity contribution in [3.63, 3.8) is 0 Å². The van der Waals surface area contributed by atoms with Gasteiger partial charge in [0.2, 0.25) is 5.91 Å². The molecule has 0 unspecified atom stereocenters. The van der Waals surface area contributed by atoms with E-state index in [-0.39, 0.29) is 18.5 Å². The van der Waals surface area contributed by atoms with Gasteiger partial charge in [0.25, 0.3) is 0 Å². The third-order valence-electron chi connectivity index (χ3n) is 2.99. The molecule has 0 aliphatic heterocycles. The Kier molecular flexibility index (Phi) is 5.87. The fourth-order valence-electron chi connectivity index (χ4n) is 2.16. The number of hydrogen-bond acceptors (Lipinski definition) is 3. The van der Waals surface area contributed by atoms with Gasteiger partial charge in [-0.3, -0.25) is 4.79 Å². The van der Waals surface area contributed by atoms with Crippen LogP contribution in [0.4, 0.5) is 0 Å². The molecule has 0 spiro atoms. The minimum absolute atomic E-state index is 0.0573. The van der Waals surface area contributed by atoms with E-state index in [9.17, 15) is 4.79 Å².